The molecule has 0 atom stereocenters. The predicted octanol–water partition coefficient (Wildman–Crippen LogP) is 5.54. The van der Waals surface area contributed by atoms with Crippen LogP contribution >= 0.6 is 11.6 Å². The molecule has 1 aliphatic heterocycles. The average Bonchev–Trinajstić information content (AvgIpc) is 2.95. The molecular formula is C28H36ClN3O7. The maximum Gasteiger partial charge on any atom is 0.417 e. The van der Waals surface area contributed by atoms with Crippen LogP contribution < -0.4 is 15.1 Å². The second-order valence-corrected chi connectivity index (χ2v) is 10.3. The third-order valence-corrected chi connectivity index (χ3v) is 5.93. The van der Waals surface area contributed by atoms with Crippen LogP contribution in [0, 0.1) is 0 Å². The van der Waals surface area contributed by atoms with Crippen molar-refractivity contribution in [3.05, 3.63) is 53.1 Å². The van der Waals surface area contributed by atoms with Gasteiger partial charge in [-0.05, 0) is 63.9 Å². The number of nitrogens with one attached hydrogen (secondary N) is 1. The lowest BCUT2D eigenvalue weighted by molar-refractivity contribution is 0.0510. The Bertz CT molecular complexity index is 1150. The number of imide groups is 1. The summed E-state index contributed by atoms with van der Waals surface area (Å²) in [6.45, 7) is 7.40. The summed E-state index contributed by atoms with van der Waals surface area (Å²) in [4.78, 5) is 41.1. The normalized spacial score (nSPS) is 12.9. The molecule has 0 spiro atoms. The van der Waals surface area contributed by atoms with Crippen LogP contribution in [0.15, 0.2) is 42.5 Å². The van der Waals surface area contributed by atoms with E-state index in [1.54, 1.807) is 51.0 Å². The molecule has 1 aliphatic rings. The number of methoxy groups -OCH3 is 1. The van der Waals surface area contributed by atoms with Crippen LogP contribution in [0.4, 0.5) is 26.7 Å². The Labute approximate surface area is 234 Å². The molecule has 1 heterocycles. The number of halogens is 1. The van der Waals surface area contributed by atoms with Crippen molar-refractivity contribution in [2.75, 3.05) is 56.4 Å². The van der Waals surface area contributed by atoms with E-state index in [1.807, 2.05) is 29.6 Å². The van der Waals surface area contributed by atoms with Crippen molar-refractivity contribution >= 4 is 46.8 Å². The topological polar surface area (TPSA) is 107 Å². The minimum atomic E-state index is -0.865. The number of carbonyl (C=O) groups is 3. The van der Waals surface area contributed by atoms with Gasteiger partial charge in [0.2, 0.25) is 0 Å². The van der Waals surface area contributed by atoms with Crippen molar-refractivity contribution in [1.82, 2.24) is 5.32 Å². The molecule has 0 aromatic heterocycles. The van der Waals surface area contributed by atoms with Crippen LogP contribution in [0.25, 0.3) is 0 Å². The minimum absolute atomic E-state index is 0.108. The van der Waals surface area contributed by atoms with E-state index in [4.69, 9.17) is 30.5 Å². The van der Waals surface area contributed by atoms with E-state index in [2.05, 4.69) is 4.90 Å². The van der Waals surface area contributed by atoms with E-state index in [-0.39, 0.29) is 12.5 Å². The van der Waals surface area contributed by atoms with E-state index >= 15 is 0 Å². The standard InChI is InChI=1S/C28H36ClN3O7/c1-28(2,3)39-27(35)30-26(34)38-15-8-7-13-31-22-9-5-6-10-23(22)32(14-16-37-18-17-36-4)25(33)21-12-11-20(29)19-24(21)31/h5-6,9-12,19H,7-8,13-18H2,1-4H3,(H,30,34,35). The number of hydrogen-bond acceptors (Lipinski definition) is 8. The van der Waals surface area contributed by atoms with Gasteiger partial charge in [0.25, 0.3) is 5.91 Å². The van der Waals surface area contributed by atoms with Crippen LogP contribution in [-0.2, 0) is 18.9 Å². The van der Waals surface area contributed by atoms with Gasteiger partial charge in [0.15, 0.2) is 0 Å². The van der Waals surface area contributed by atoms with Gasteiger partial charge in [-0.3, -0.25) is 4.79 Å². The van der Waals surface area contributed by atoms with Crippen molar-refractivity contribution in [2.45, 2.75) is 39.2 Å². The summed E-state index contributed by atoms with van der Waals surface area (Å²) in [5.41, 5.74) is 2.12. The van der Waals surface area contributed by atoms with Gasteiger partial charge in [-0.15, -0.1) is 0 Å². The third-order valence-electron chi connectivity index (χ3n) is 5.69. The van der Waals surface area contributed by atoms with Crippen LogP contribution in [0.3, 0.4) is 0 Å². The number of amides is 3. The summed E-state index contributed by atoms with van der Waals surface area (Å²) in [6, 6.07) is 12.9. The van der Waals surface area contributed by atoms with Crippen LogP contribution in [0.5, 0.6) is 0 Å². The first-order chi connectivity index (χ1) is 18.6. The number of unbranched alkanes of at least 4 members (excludes halogenated alkanes) is 1. The number of hydrogen-bond donors (Lipinski definition) is 1. The Kier molecular flexibility index (Phi) is 11.0. The highest BCUT2D eigenvalue weighted by atomic mass is 35.5. The zero-order valence-corrected chi connectivity index (χ0v) is 23.6. The van der Waals surface area contributed by atoms with Crippen molar-refractivity contribution < 1.29 is 33.3 Å². The highest BCUT2D eigenvalue weighted by molar-refractivity contribution is 6.31. The number of nitrogens with zero attached hydrogens (tertiary/aromatic N) is 2. The smallest absolute Gasteiger partial charge is 0.417 e. The maximum absolute atomic E-state index is 13.7. The molecule has 2 aromatic carbocycles. The molecule has 0 saturated heterocycles. The molecule has 1 N–H and O–H groups in total. The number of benzene rings is 2. The molecule has 0 fully saturated rings. The molecule has 10 nitrogen and oxygen atoms in total. The van der Waals surface area contributed by atoms with E-state index in [1.165, 1.54) is 0 Å². The Morgan fingerprint density at radius 1 is 0.872 bits per heavy atom. The van der Waals surface area contributed by atoms with Crippen LogP contribution in [0.1, 0.15) is 44.0 Å². The number of para-hydroxylation sites is 2. The Morgan fingerprint density at radius 3 is 2.28 bits per heavy atom. The van der Waals surface area contributed by atoms with Crippen molar-refractivity contribution in [2.24, 2.45) is 0 Å². The molecule has 11 heteroatoms. The molecule has 3 amide bonds. The third kappa shape index (κ3) is 8.84. The van der Waals surface area contributed by atoms with E-state index in [0.29, 0.717) is 62.0 Å². The van der Waals surface area contributed by atoms with Crippen LogP contribution in [-0.4, -0.2) is 70.3 Å². The highest BCUT2D eigenvalue weighted by Crippen LogP contribution is 2.41. The van der Waals surface area contributed by atoms with E-state index in [9.17, 15) is 14.4 Å². The lowest BCUT2D eigenvalue weighted by Crippen LogP contribution is -2.36. The summed E-state index contributed by atoms with van der Waals surface area (Å²) in [5.74, 6) is -0.144. The largest absolute Gasteiger partial charge is 0.449 e. The molecular weight excluding hydrogens is 526 g/mol. The summed E-state index contributed by atoms with van der Waals surface area (Å²) >= 11 is 6.35. The first-order valence-corrected chi connectivity index (χ1v) is 13.2. The minimum Gasteiger partial charge on any atom is -0.449 e. The first kappa shape index (κ1) is 30.2. The number of ether oxygens (including phenoxy) is 4. The quantitative estimate of drug-likeness (QED) is 0.356. The molecule has 212 valence electrons. The Morgan fingerprint density at radius 2 is 1.59 bits per heavy atom. The van der Waals surface area contributed by atoms with Gasteiger partial charge >= 0.3 is 12.2 Å². The summed E-state index contributed by atoms with van der Waals surface area (Å²) in [5, 5.41) is 2.56. The average molecular weight is 562 g/mol. The zero-order valence-electron chi connectivity index (χ0n) is 22.8. The molecule has 3 rings (SSSR count). The lowest BCUT2D eigenvalue weighted by atomic mass is 10.1. The van der Waals surface area contributed by atoms with Crippen molar-refractivity contribution in [3.8, 4) is 0 Å². The first-order valence-electron chi connectivity index (χ1n) is 12.8. The SMILES string of the molecule is COCCOCCN1C(=O)c2ccc(Cl)cc2N(CCCCOC(=O)NC(=O)OC(C)(C)C)c2ccccc21. The monoisotopic (exact) mass is 561 g/mol. The van der Waals surface area contributed by atoms with Gasteiger partial charge in [0, 0.05) is 25.2 Å². The predicted molar refractivity (Wildman–Crippen MR) is 149 cm³/mol. The number of carbonyl (C=O) groups excluding carboxylic acids is 3. The molecule has 0 radical (unpaired) electrons. The fraction of sp³-hybridized carbons (Fsp3) is 0.464. The van der Waals surface area contributed by atoms with Crippen LogP contribution in [0.2, 0.25) is 5.02 Å². The van der Waals surface area contributed by atoms with Gasteiger partial charge in [-0.1, -0.05) is 23.7 Å². The summed E-state index contributed by atoms with van der Waals surface area (Å²) in [7, 11) is 1.61. The molecule has 39 heavy (non-hydrogen) atoms. The Balaban J connectivity index is 1.69. The van der Waals surface area contributed by atoms with Gasteiger partial charge in [0.1, 0.15) is 5.60 Å². The Hall–Kier alpha value is -3.34. The van der Waals surface area contributed by atoms with Gasteiger partial charge in [-0.25, -0.2) is 14.9 Å². The second-order valence-electron chi connectivity index (χ2n) is 9.83. The van der Waals surface area contributed by atoms with Gasteiger partial charge < -0.3 is 28.7 Å². The van der Waals surface area contributed by atoms with E-state index in [0.717, 1.165) is 11.4 Å². The fourth-order valence-electron chi connectivity index (χ4n) is 4.04. The molecule has 2 aromatic rings. The number of rotatable bonds is 11. The summed E-state index contributed by atoms with van der Waals surface area (Å²) in [6.07, 6.45) is -0.564. The highest BCUT2D eigenvalue weighted by Gasteiger charge is 2.30. The molecule has 0 saturated carbocycles. The lowest BCUT2D eigenvalue weighted by Gasteiger charge is -2.27. The summed E-state index contributed by atoms with van der Waals surface area (Å²) < 4.78 is 20.9. The maximum atomic E-state index is 13.7. The molecule has 0 aliphatic carbocycles. The fourth-order valence-corrected chi connectivity index (χ4v) is 4.20. The zero-order chi connectivity index (χ0) is 28.4. The molecule has 0 bridgehead atoms. The molecule has 0 unspecified atom stereocenters. The number of alkyl carbamates (subject to hydrolysis) is 2. The number of fused-ring (bicyclic) bond motifs is 2. The second kappa shape index (κ2) is 14.2. The van der Waals surface area contributed by atoms with Gasteiger partial charge in [-0.2, -0.15) is 0 Å². The van der Waals surface area contributed by atoms with Crippen molar-refractivity contribution in [1.29, 1.82) is 0 Å². The van der Waals surface area contributed by atoms with Gasteiger partial charge in [0.05, 0.1) is 49.1 Å². The van der Waals surface area contributed by atoms with E-state index < -0.39 is 17.8 Å². The number of anilines is 3. The van der Waals surface area contributed by atoms with Crippen molar-refractivity contribution in [3.63, 3.8) is 0 Å².